The van der Waals surface area contributed by atoms with E-state index in [-0.39, 0.29) is 0 Å². The molecule has 19 heavy (non-hydrogen) atoms. The fraction of sp³-hybridized carbons (Fsp3) is 0.286. The van der Waals surface area contributed by atoms with E-state index in [1.807, 2.05) is 31.2 Å². The van der Waals surface area contributed by atoms with Crippen LogP contribution in [0.2, 0.25) is 5.15 Å². The van der Waals surface area contributed by atoms with Crippen LogP contribution in [0.5, 0.6) is 5.75 Å². The van der Waals surface area contributed by atoms with Crippen LogP contribution in [-0.2, 0) is 0 Å². The van der Waals surface area contributed by atoms with Crippen LogP contribution in [0.4, 0.5) is 11.5 Å². The maximum atomic E-state index is 5.95. The average molecular weight is 278 g/mol. The van der Waals surface area contributed by atoms with Crippen LogP contribution in [0.3, 0.4) is 0 Å². The van der Waals surface area contributed by atoms with Crippen LogP contribution in [-0.4, -0.2) is 16.6 Å². The summed E-state index contributed by atoms with van der Waals surface area (Å²) in [6, 6.07) is 7.74. The second-order valence-corrected chi connectivity index (χ2v) is 4.49. The maximum absolute atomic E-state index is 5.95. The molecule has 0 aliphatic heterocycles. The zero-order valence-electron chi connectivity index (χ0n) is 11.0. The largest absolute Gasteiger partial charge is 0.494 e. The van der Waals surface area contributed by atoms with Gasteiger partial charge in [-0.05, 0) is 37.6 Å². The molecule has 5 heteroatoms. The molecule has 0 unspecified atom stereocenters. The molecule has 0 saturated carbocycles. The Labute approximate surface area is 117 Å². The first-order valence-corrected chi connectivity index (χ1v) is 6.55. The van der Waals surface area contributed by atoms with Gasteiger partial charge in [-0.25, -0.2) is 9.97 Å². The van der Waals surface area contributed by atoms with E-state index >= 15 is 0 Å². The minimum atomic E-state index is 0.459. The van der Waals surface area contributed by atoms with Gasteiger partial charge in [0.1, 0.15) is 23.0 Å². The summed E-state index contributed by atoms with van der Waals surface area (Å²) in [5, 5.41) is 3.66. The molecule has 0 saturated heterocycles. The topological polar surface area (TPSA) is 47.0 Å². The Bertz CT molecular complexity index is 543. The maximum Gasteiger partial charge on any atom is 0.138 e. The molecule has 0 atom stereocenters. The third kappa shape index (κ3) is 3.58. The molecule has 0 spiro atoms. The van der Waals surface area contributed by atoms with Gasteiger partial charge in [0, 0.05) is 11.3 Å². The van der Waals surface area contributed by atoms with Gasteiger partial charge in [-0.3, -0.25) is 0 Å². The highest BCUT2D eigenvalue weighted by molar-refractivity contribution is 6.30. The predicted octanol–water partition coefficient (Wildman–Crippen LogP) is 3.97. The first-order chi connectivity index (χ1) is 9.20. The summed E-state index contributed by atoms with van der Waals surface area (Å²) >= 11 is 5.95. The lowest BCUT2D eigenvalue weighted by Gasteiger charge is -2.10. The Balaban J connectivity index is 2.09. The van der Waals surface area contributed by atoms with Crippen LogP contribution in [0.15, 0.2) is 30.6 Å². The summed E-state index contributed by atoms with van der Waals surface area (Å²) in [4.78, 5) is 8.09. The smallest absolute Gasteiger partial charge is 0.138 e. The van der Waals surface area contributed by atoms with Gasteiger partial charge in [0.15, 0.2) is 0 Å². The van der Waals surface area contributed by atoms with E-state index in [0.717, 1.165) is 30.0 Å². The second-order valence-electron chi connectivity index (χ2n) is 4.14. The van der Waals surface area contributed by atoms with Crippen molar-refractivity contribution >= 4 is 23.1 Å². The van der Waals surface area contributed by atoms with Crippen LogP contribution < -0.4 is 10.1 Å². The Morgan fingerprint density at radius 2 is 1.95 bits per heavy atom. The number of hydrogen-bond acceptors (Lipinski definition) is 4. The van der Waals surface area contributed by atoms with E-state index in [4.69, 9.17) is 16.3 Å². The van der Waals surface area contributed by atoms with Crippen molar-refractivity contribution in [2.45, 2.75) is 20.3 Å². The molecule has 1 aromatic heterocycles. The summed E-state index contributed by atoms with van der Waals surface area (Å²) in [5.74, 6) is 1.58. The standard InChI is InChI=1S/C14H16ClN3O/c1-3-8-19-12-6-4-11(5-7-12)18-14-10(2)13(15)16-9-17-14/h4-7,9H,3,8H2,1-2H3,(H,16,17,18). The molecular formula is C14H16ClN3O. The van der Waals surface area contributed by atoms with Crippen LogP contribution in [0.25, 0.3) is 0 Å². The Morgan fingerprint density at radius 3 is 2.63 bits per heavy atom. The van der Waals surface area contributed by atoms with Crippen molar-refractivity contribution in [1.82, 2.24) is 9.97 Å². The summed E-state index contributed by atoms with van der Waals surface area (Å²) < 4.78 is 5.53. The number of nitrogens with one attached hydrogen (secondary N) is 1. The molecule has 0 fully saturated rings. The monoisotopic (exact) mass is 277 g/mol. The van der Waals surface area contributed by atoms with Gasteiger partial charge in [-0.2, -0.15) is 0 Å². The zero-order chi connectivity index (χ0) is 13.7. The van der Waals surface area contributed by atoms with Gasteiger partial charge < -0.3 is 10.1 Å². The van der Waals surface area contributed by atoms with Crippen molar-refractivity contribution in [2.75, 3.05) is 11.9 Å². The predicted molar refractivity (Wildman–Crippen MR) is 77.3 cm³/mol. The van der Waals surface area contributed by atoms with Crippen molar-refractivity contribution in [3.8, 4) is 5.75 Å². The van der Waals surface area contributed by atoms with Crippen molar-refractivity contribution < 1.29 is 4.74 Å². The van der Waals surface area contributed by atoms with Crippen LogP contribution in [0.1, 0.15) is 18.9 Å². The Kier molecular flexibility index (Phi) is 4.58. The number of halogens is 1. The summed E-state index contributed by atoms with van der Waals surface area (Å²) in [6.45, 7) is 4.69. The number of nitrogens with zero attached hydrogens (tertiary/aromatic N) is 2. The first-order valence-electron chi connectivity index (χ1n) is 6.17. The fourth-order valence-electron chi connectivity index (χ4n) is 1.55. The number of anilines is 2. The molecule has 1 N–H and O–H groups in total. The minimum absolute atomic E-state index is 0.459. The van der Waals surface area contributed by atoms with Gasteiger partial charge in [0.2, 0.25) is 0 Å². The van der Waals surface area contributed by atoms with Crippen molar-refractivity contribution in [1.29, 1.82) is 0 Å². The van der Waals surface area contributed by atoms with Crippen LogP contribution >= 0.6 is 11.6 Å². The zero-order valence-corrected chi connectivity index (χ0v) is 11.7. The molecule has 1 aromatic carbocycles. The van der Waals surface area contributed by atoms with Gasteiger partial charge in [0.05, 0.1) is 6.61 Å². The number of rotatable bonds is 5. The molecule has 0 aliphatic rings. The van der Waals surface area contributed by atoms with E-state index in [1.165, 1.54) is 6.33 Å². The molecule has 0 aliphatic carbocycles. The van der Waals surface area contributed by atoms with E-state index in [1.54, 1.807) is 0 Å². The second kappa shape index (κ2) is 6.38. The van der Waals surface area contributed by atoms with Crippen molar-refractivity contribution in [3.63, 3.8) is 0 Å². The molecule has 2 rings (SSSR count). The lowest BCUT2D eigenvalue weighted by atomic mass is 10.3. The average Bonchev–Trinajstić information content (AvgIpc) is 2.43. The number of ether oxygens (including phenoxy) is 1. The van der Waals surface area contributed by atoms with Gasteiger partial charge >= 0.3 is 0 Å². The molecule has 0 radical (unpaired) electrons. The summed E-state index contributed by atoms with van der Waals surface area (Å²) in [7, 11) is 0. The quantitative estimate of drug-likeness (QED) is 0.840. The minimum Gasteiger partial charge on any atom is -0.494 e. The van der Waals surface area contributed by atoms with E-state index in [2.05, 4.69) is 22.2 Å². The van der Waals surface area contributed by atoms with Gasteiger partial charge in [0.25, 0.3) is 0 Å². The molecule has 4 nitrogen and oxygen atoms in total. The third-order valence-corrected chi connectivity index (χ3v) is 2.99. The third-order valence-electron chi connectivity index (χ3n) is 2.61. The van der Waals surface area contributed by atoms with Crippen LogP contribution in [0, 0.1) is 6.92 Å². The highest BCUT2D eigenvalue weighted by Gasteiger charge is 2.05. The molecule has 0 bridgehead atoms. The highest BCUT2D eigenvalue weighted by Crippen LogP contribution is 2.23. The summed E-state index contributed by atoms with van der Waals surface area (Å²) in [6.07, 6.45) is 2.44. The normalized spacial score (nSPS) is 10.3. The summed E-state index contributed by atoms with van der Waals surface area (Å²) in [5.41, 5.74) is 1.76. The van der Waals surface area contributed by atoms with Crippen molar-refractivity contribution in [2.24, 2.45) is 0 Å². The number of aromatic nitrogens is 2. The Hall–Kier alpha value is -1.81. The molecular weight excluding hydrogens is 262 g/mol. The van der Waals surface area contributed by atoms with E-state index in [9.17, 15) is 0 Å². The number of hydrogen-bond donors (Lipinski definition) is 1. The van der Waals surface area contributed by atoms with Crippen molar-refractivity contribution in [3.05, 3.63) is 41.3 Å². The first kappa shape index (κ1) is 13.6. The SMILES string of the molecule is CCCOc1ccc(Nc2ncnc(Cl)c2C)cc1. The lowest BCUT2D eigenvalue weighted by molar-refractivity contribution is 0.317. The molecule has 100 valence electrons. The Morgan fingerprint density at radius 1 is 1.21 bits per heavy atom. The number of benzene rings is 1. The molecule has 1 heterocycles. The lowest BCUT2D eigenvalue weighted by Crippen LogP contribution is -1.99. The van der Waals surface area contributed by atoms with Gasteiger partial charge in [-0.1, -0.05) is 18.5 Å². The highest BCUT2D eigenvalue weighted by atomic mass is 35.5. The fourth-order valence-corrected chi connectivity index (χ4v) is 1.68. The molecule has 0 amide bonds. The van der Waals surface area contributed by atoms with Gasteiger partial charge in [-0.15, -0.1) is 0 Å². The van der Waals surface area contributed by atoms with E-state index < -0.39 is 0 Å². The van der Waals surface area contributed by atoms with E-state index in [0.29, 0.717) is 11.0 Å². The molecule has 2 aromatic rings.